The van der Waals surface area contributed by atoms with E-state index in [1.54, 1.807) is 0 Å². The minimum Gasteiger partial charge on any atom is -0.478 e. The third-order valence-corrected chi connectivity index (χ3v) is 3.67. The van der Waals surface area contributed by atoms with Gasteiger partial charge in [0.2, 0.25) is 5.91 Å². The van der Waals surface area contributed by atoms with Crippen LogP contribution in [0.5, 0.6) is 0 Å². The van der Waals surface area contributed by atoms with E-state index in [4.69, 9.17) is 16.7 Å². The number of nitrogens with zero attached hydrogens (tertiary/aromatic N) is 1. The molecule has 0 spiro atoms. The smallest absolute Gasteiger partial charge is 0.335 e. The number of hydrogen-bond donors (Lipinski definition) is 2. The number of aromatic carboxylic acids is 1. The molecule has 0 atom stereocenters. The Bertz CT molecular complexity index is 495. The van der Waals surface area contributed by atoms with Gasteiger partial charge in [0.1, 0.15) is 0 Å². The summed E-state index contributed by atoms with van der Waals surface area (Å²) in [4.78, 5) is 24.6. The molecule has 0 radical (unpaired) electrons. The number of amides is 1. The number of anilines is 1. The highest BCUT2D eigenvalue weighted by molar-refractivity contribution is 7.99. The van der Waals surface area contributed by atoms with Crippen LogP contribution in [0.3, 0.4) is 0 Å². The summed E-state index contributed by atoms with van der Waals surface area (Å²) in [7, 11) is 3.94. The van der Waals surface area contributed by atoms with Crippen LogP contribution >= 0.6 is 23.4 Å². The largest absolute Gasteiger partial charge is 0.478 e. The zero-order chi connectivity index (χ0) is 15.1. The van der Waals surface area contributed by atoms with Crippen LogP contribution in [0.4, 0.5) is 5.69 Å². The predicted octanol–water partition coefficient (Wildman–Crippen LogP) is 2.27. The number of halogens is 1. The Hall–Kier alpha value is -1.24. The second-order valence-electron chi connectivity index (χ2n) is 4.40. The number of carbonyl (C=O) groups excluding carboxylic acids is 1. The molecule has 1 amide bonds. The molecule has 110 valence electrons. The molecule has 0 aliphatic rings. The summed E-state index contributed by atoms with van der Waals surface area (Å²) in [6, 6.07) is 4.21. The summed E-state index contributed by atoms with van der Waals surface area (Å²) in [5.41, 5.74) is 0.412. The Morgan fingerprint density at radius 1 is 1.40 bits per heavy atom. The maximum absolute atomic E-state index is 11.7. The molecule has 7 heteroatoms. The molecule has 0 aromatic heterocycles. The summed E-state index contributed by atoms with van der Waals surface area (Å²) in [6.07, 6.45) is 0. The van der Waals surface area contributed by atoms with Gasteiger partial charge in [-0.05, 0) is 32.3 Å². The van der Waals surface area contributed by atoms with Gasteiger partial charge in [0.25, 0.3) is 0 Å². The van der Waals surface area contributed by atoms with Crippen LogP contribution in [0.1, 0.15) is 10.4 Å². The van der Waals surface area contributed by atoms with Crippen molar-refractivity contribution >= 4 is 40.9 Å². The Morgan fingerprint density at radius 3 is 2.70 bits per heavy atom. The van der Waals surface area contributed by atoms with E-state index in [1.807, 2.05) is 19.0 Å². The second kappa shape index (κ2) is 8.14. The van der Waals surface area contributed by atoms with Crippen LogP contribution in [0.2, 0.25) is 5.02 Å². The van der Waals surface area contributed by atoms with Crippen LogP contribution < -0.4 is 5.32 Å². The molecule has 0 heterocycles. The molecule has 5 nitrogen and oxygen atoms in total. The minimum atomic E-state index is -1.06. The second-order valence-corrected chi connectivity index (χ2v) is 5.92. The molecular formula is C13H17ClN2O3S. The van der Waals surface area contributed by atoms with Crippen LogP contribution in [-0.2, 0) is 4.79 Å². The summed E-state index contributed by atoms with van der Waals surface area (Å²) in [6.45, 7) is 0.896. The molecule has 20 heavy (non-hydrogen) atoms. The Kier molecular flexibility index (Phi) is 6.84. The maximum Gasteiger partial charge on any atom is 0.335 e. The number of nitrogens with one attached hydrogen (secondary N) is 1. The third-order valence-electron chi connectivity index (χ3n) is 2.40. The van der Waals surface area contributed by atoms with E-state index in [2.05, 4.69) is 5.32 Å². The Labute approximate surface area is 127 Å². The number of benzene rings is 1. The zero-order valence-corrected chi connectivity index (χ0v) is 12.9. The third kappa shape index (κ3) is 5.81. The van der Waals surface area contributed by atoms with Gasteiger partial charge in [-0.15, -0.1) is 0 Å². The normalized spacial score (nSPS) is 10.6. The average molecular weight is 317 g/mol. The summed E-state index contributed by atoms with van der Waals surface area (Å²) in [5, 5.41) is 11.8. The lowest BCUT2D eigenvalue weighted by molar-refractivity contribution is -0.113. The lowest BCUT2D eigenvalue weighted by Crippen LogP contribution is -2.18. The maximum atomic E-state index is 11.7. The van der Waals surface area contributed by atoms with Gasteiger partial charge in [0.05, 0.1) is 22.0 Å². The van der Waals surface area contributed by atoms with Gasteiger partial charge in [0, 0.05) is 12.3 Å². The van der Waals surface area contributed by atoms with E-state index in [0.717, 1.165) is 12.3 Å². The first-order valence-corrected chi connectivity index (χ1v) is 7.48. The summed E-state index contributed by atoms with van der Waals surface area (Å²) < 4.78 is 0. The topological polar surface area (TPSA) is 69.6 Å². The van der Waals surface area contributed by atoms with Crippen molar-refractivity contribution in [1.82, 2.24) is 4.90 Å². The van der Waals surface area contributed by atoms with Crippen LogP contribution in [0, 0.1) is 0 Å². The summed E-state index contributed by atoms with van der Waals surface area (Å²) >= 11 is 7.44. The molecule has 1 aromatic carbocycles. The van der Waals surface area contributed by atoms with Gasteiger partial charge in [-0.25, -0.2) is 4.79 Å². The SMILES string of the molecule is CN(C)CCSCC(=O)Nc1cc(C(=O)O)ccc1Cl. The zero-order valence-electron chi connectivity index (χ0n) is 11.4. The predicted molar refractivity (Wildman–Crippen MR) is 82.9 cm³/mol. The fourth-order valence-electron chi connectivity index (χ4n) is 1.35. The Balaban J connectivity index is 2.53. The van der Waals surface area contributed by atoms with Gasteiger partial charge in [-0.3, -0.25) is 4.79 Å². The van der Waals surface area contributed by atoms with Crippen molar-refractivity contribution < 1.29 is 14.7 Å². The number of carboxylic acid groups (broad SMARTS) is 1. The van der Waals surface area contributed by atoms with Crippen molar-refractivity contribution in [2.24, 2.45) is 0 Å². The summed E-state index contributed by atoms with van der Waals surface area (Å²) in [5.74, 6) is -0.0964. The molecular weight excluding hydrogens is 300 g/mol. The molecule has 0 unspecified atom stereocenters. The quantitative estimate of drug-likeness (QED) is 0.755. The van der Waals surface area contributed by atoms with Crippen LogP contribution in [-0.4, -0.2) is 54.0 Å². The number of hydrogen-bond acceptors (Lipinski definition) is 4. The molecule has 0 fully saturated rings. The fraction of sp³-hybridized carbons (Fsp3) is 0.385. The molecule has 0 saturated heterocycles. The first-order chi connectivity index (χ1) is 9.40. The van der Waals surface area contributed by atoms with Crippen molar-refractivity contribution in [3.8, 4) is 0 Å². The highest BCUT2D eigenvalue weighted by atomic mass is 35.5. The number of carboxylic acids is 1. The van der Waals surface area contributed by atoms with Crippen LogP contribution in [0.15, 0.2) is 18.2 Å². The minimum absolute atomic E-state index is 0.0879. The highest BCUT2D eigenvalue weighted by Crippen LogP contribution is 2.23. The standard InChI is InChI=1S/C13H17ClN2O3S/c1-16(2)5-6-20-8-12(17)15-11-7-9(13(18)19)3-4-10(11)14/h3-4,7H,5-6,8H2,1-2H3,(H,15,17)(H,18,19). The van der Waals surface area contributed by atoms with E-state index in [1.165, 1.54) is 30.0 Å². The van der Waals surface area contributed by atoms with E-state index in [9.17, 15) is 9.59 Å². The molecule has 0 aliphatic heterocycles. The van der Waals surface area contributed by atoms with Crippen molar-refractivity contribution in [2.75, 3.05) is 37.5 Å². The molecule has 0 aliphatic carbocycles. The van der Waals surface area contributed by atoms with Crippen molar-refractivity contribution in [1.29, 1.82) is 0 Å². The van der Waals surface area contributed by atoms with E-state index in [-0.39, 0.29) is 11.5 Å². The van der Waals surface area contributed by atoms with E-state index < -0.39 is 5.97 Å². The van der Waals surface area contributed by atoms with Gasteiger partial charge >= 0.3 is 5.97 Å². The van der Waals surface area contributed by atoms with Gasteiger partial charge in [0.15, 0.2) is 0 Å². The van der Waals surface area contributed by atoms with Gasteiger partial charge in [-0.2, -0.15) is 11.8 Å². The molecule has 0 bridgehead atoms. The number of rotatable bonds is 7. The van der Waals surface area contributed by atoms with Crippen molar-refractivity contribution in [3.05, 3.63) is 28.8 Å². The highest BCUT2D eigenvalue weighted by Gasteiger charge is 2.10. The average Bonchev–Trinajstić information content (AvgIpc) is 2.37. The van der Waals surface area contributed by atoms with Crippen LogP contribution in [0.25, 0.3) is 0 Å². The lowest BCUT2D eigenvalue weighted by atomic mass is 10.2. The van der Waals surface area contributed by atoms with Gasteiger partial charge < -0.3 is 15.3 Å². The monoisotopic (exact) mass is 316 g/mol. The first-order valence-electron chi connectivity index (χ1n) is 5.95. The molecule has 1 rings (SSSR count). The van der Waals surface area contributed by atoms with E-state index >= 15 is 0 Å². The lowest BCUT2D eigenvalue weighted by Gasteiger charge is -2.10. The van der Waals surface area contributed by atoms with E-state index in [0.29, 0.717) is 16.5 Å². The fourth-order valence-corrected chi connectivity index (χ4v) is 2.41. The Morgan fingerprint density at radius 2 is 2.10 bits per heavy atom. The molecule has 2 N–H and O–H groups in total. The molecule has 1 aromatic rings. The first kappa shape index (κ1) is 16.8. The number of thioether (sulfide) groups is 1. The van der Waals surface area contributed by atoms with Crippen molar-refractivity contribution in [3.63, 3.8) is 0 Å². The number of carbonyl (C=O) groups is 2. The van der Waals surface area contributed by atoms with Gasteiger partial charge in [-0.1, -0.05) is 11.6 Å². The molecule has 0 saturated carbocycles. The van der Waals surface area contributed by atoms with Crippen molar-refractivity contribution in [2.45, 2.75) is 0 Å².